The van der Waals surface area contributed by atoms with Crippen LogP contribution in [0, 0.1) is 0 Å². The van der Waals surface area contributed by atoms with Crippen LogP contribution in [0.5, 0.6) is 5.88 Å². The van der Waals surface area contributed by atoms with E-state index in [2.05, 4.69) is 39.5 Å². The highest BCUT2D eigenvalue weighted by Gasteiger charge is 2.17. The maximum atomic E-state index is 5.50. The molecule has 0 spiro atoms. The molecule has 2 aromatic rings. The van der Waals surface area contributed by atoms with Gasteiger partial charge in [0, 0.05) is 31.4 Å². The second kappa shape index (κ2) is 5.92. The van der Waals surface area contributed by atoms with Crippen LogP contribution in [0.25, 0.3) is 0 Å². The average Bonchev–Trinajstić information content (AvgIpc) is 2.70. The van der Waals surface area contributed by atoms with Crippen LogP contribution in [0.15, 0.2) is 42.5 Å². The van der Waals surface area contributed by atoms with Crippen molar-refractivity contribution in [3.8, 4) is 5.88 Å². The number of para-hydroxylation sites is 1. The number of rotatable bonds is 3. The van der Waals surface area contributed by atoms with E-state index in [0.29, 0.717) is 12.5 Å². The van der Waals surface area contributed by atoms with Crippen LogP contribution in [0.4, 0.5) is 11.5 Å². The monoisotopic (exact) mass is 269 g/mol. The van der Waals surface area contributed by atoms with Gasteiger partial charge in [-0.05, 0) is 24.6 Å². The molecule has 0 aliphatic carbocycles. The fraction of sp³-hybridized carbons (Fsp3) is 0.312. The first kappa shape index (κ1) is 12.9. The van der Waals surface area contributed by atoms with Gasteiger partial charge < -0.3 is 15.0 Å². The van der Waals surface area contributed by atoms with Crippen molar-refractivity contribution < 1.29 is 4.74 Å². The minimum absolute atomic E-state index is 0.634. The van der Waals surface area contributed by atoms with Crippen LogP contribution in [0.2, 0.25) is 0 Å². The molecule has 20 heavy (non-hydrogen) atoms. The van der Waals surface area contributed by atoms with E-state index < -0.39 is 0 Å². The van der Waals surface area contributed by atoms with Crippen molar-refractivity contribution in [2.24, 2.45) is 0 Å². The minimum Gasteiger partial charge on any atom is -0.478 e. The first-order valence-corrected chi connectivity index (χ1v) is 7.04. The predicted octanol–water partition coefficient (Wildman–Crippen LogP) is 2.72. The number of nitrogens with zero attached hydrogens (tertiary/aromatic N) is 2. The molecule has 0 atom stereocenters. The lowest BCUT2D eigenvalue weighted by atomic mass is 10.1. The van der Waals surface area contributed by atoms with Gasteiger partial charge in [-0.1, -0.05) is 24.3 Å². The molecular formula is C16H19N3O. The number of fused-ring (bicyclic) bond motifs is 1. The quantitative estimate of drug-likeness (QED) is 0.929. The molecule has 1 aliphatic heterocycles. The Kier molecular flexibility index (Phi) is 3.83. The zero-order chi connectivity index (χ0) is 13.8. The number of pyridine rings is 1. The molecule has 1 aromatic heterocycles. The van der Waals surface area contributed by atoms with Gasteiger partial charge in [0.05, 0.1) is 6.61 Å². The SMILES string of the molecule is CCOc1cccc(N2CCNCc3ccccc32)n1. The van der Waals surface area contributed by atoms with Gasteiger partial charge in [0.15, 0.2) is 0 Å². The Morgan fingerprint density at radius 1 is 1.20 bits per heavy atom. The third kappa shape index (κ3) is 2.60. The average molecular weight is 269 g/mol. The van der Waals surface area contributed by atoms with E-state index in [4.69, 9.17) is 4.74 Å². The molecule has 4 nitrogen and oxygen atoms in total. The maximum absolute atomic E-state index is 5.50. The van der Waals surface area contributed by atoms with Crippen molar-refractivity contribution >= 4 is 11.5 Å². The number of ether oxygens (including phenoxy) is 1. The molecule has 1 N–H and O–H groups in total. The van der Waals surface area contributed by atoms with E-state index in [9.17, 15) is 0 Å². The number of hydrogen-bond acceptors (Lipinski definition) is 4. The summed E-state index contributed by atoms with van der Waals surface area (Å²) in [5, 5.41) is 3.44. The van der Waals surface area contributed by atoms with Crippen molar-refractivity contribution in [3.63, 3.8) is 0 Å². The van der Waals surface area contributed by atoms with E-state index >= 15 is 0 Å². The summed E-state index contributed by atoms with van der Waals surface area (Å²) in [6.45, 7) is 5.35. The molecule has 3 rings (SSSR count). The van der Waals surface area contributed by atoms with Gasteiger partial charge in [-0.3, -0.25) is 0 Å². The van der Waals surface area contributed by atoms with Gasteiger partial charge >= 0.3 is 0 Å². The summed E-state index contributed by atoms with van der Waals surface area (Å²) in [5.41, 5.74) is 2.52. The van der Waals surface area contributed by atoms with E-state index in [-0.39, 0.29) is 0 Å². The third-order valence-electron chi connectivity index (χ3n) is 3.39. The van der Waals surface area contributed by atoms with Gasteiger partial charge in [-0.2, -0.15) is 4.98 Å². The van der Waals surface area contributed by atoms with Crippen LogP contribution in [-0.2, 0) is 6.54 Å². The van der Waals surface area contributed by atoms with Gasteiger partial charge in [0.25, 0.3) is 0 Å². The number of hydrogen-bond donors (Lipinski definition) is 1. The second-order valence-corrected chi connectivity index (χ2v) is 4.72. The highest BCUT2D eigenvalue weighted by atomic mass is 16.5. The Morgan fingerprint density at radius 3 is 3.00 bits per heavy atom. The predicted molar refractivity (Wildman–Crippen MR) is 80.6 cm³/mol. The van der Waals surface area contributed by atoms with E-state index in [0.717, 1.165) is 25.5 Å². The fourth-order valence-electron chi connectivity index (χ4n) is 2.48. The fourth-order valence-corrected chi connectivity index (χ4v) is 2.48. The molecule has 104 valence electrons. The molecule has 0 bridgehead atoms. The summed E-state index contributed by atoms with van der Waals surface area (Å²) >= 11 is 0. The Hall–Kier alpha value is -2.07. The molecule has 1 aliphatic rings. The van der Waals surface area contributed by atoms with Crippen molar-refractivity contribution in [3.05, 3.63) is 48.0 Å². The molecule has 0 saturated carbocycles. The Labute approximate surface area is 119 Å². The highest BCUT2D eigenvalue weighted by molar-refractivity contribution is 5.64. The normalized spacial score (nSPS) is 14.6. The first-order chi connectivity index (χ1) is 9.88. The standard InChI is InChI=1S/C16H19N3O/c1-2-20-16-9-5-8-15(18-16)19-11-10-17-12-13-6-3-4-7-14(13)19/h3-9,17H,2,10-12H2,1H3. The second-order valence-electron chi connectivity index (χ2n) is 4.72. The third-order valence-corrected chi connectivity index (χ3v) is 3.39. The zero-order valence-corrected chi connectivity index (χ0v) is 11.7. The number of anilines is 2. The first-order valence-electron chi connectivity index (χ1n) is 7.04. The maximum Gasteiger partial charge on any atom is 0.215 e. The van der Waals surface area contributed by atoms with Gasteiger partial charge in [-0.15, -0.1) is 0 Å². The highest BCUT2D eigenvalue weighted by Crippen LogP contribution is 2.29. The van der Waals surface area contributed by atoms with E-state index in [1.54, 1.807) is 0 Å². The van der Waals surface area contributed by atoms with Crippen LogP contribution >= 0.6 is 0 Å². The summed E-state index contributed by atoms with van der Waals surface area (Å²) in [6.07, 6.45) is 0. The lowest BCUT2D eigenvalue weighted by Crippen LogP contribution is -2.25. The molecule has 0 saturated heterocycles. The molecule has 0 amide bonds. The van der Waals surface area contributed by atoms with Crippen LogP contribution < -0.4 is 15.0 Å². The van der Waals surface area contributed by atoms with Crippen molar-refractivity contribution in [1.82, 2.24) is 10.3 Å². The van der Waals surface area contributed by atoms with E-state index in [1.165, 1.54) is 11.3 Å². The van der Waals surface area contributed by atoms with Gasteiger partial charge in [0.2, 0.25) is 5.88 Å². The number of benzene rings is 1. The van der Waals surface area contributed by atoms with Gasteiger partial charge in [-0.25, -0.2) is 0 Å². The van der Waals surface area contributed by atoms with Crippen LogP contribution in [0.3, 0.4) is 0 Å². The van der Waals surface area contributed by atoms with Crippen LogP contribution in [0.1, 0.15) is 12.5 Å². The topological polar surface area (TPSA) is 37.4 Å². The Morgan fingerprint density at radius 2 is 2.10 bits per heavy atom. The van der Waals surface area contributed by atoms with Gasteiger partial charge in [0.1, 0.15) is 5.82 Å². The molecule has 2 heterocycles. The molecule has 0 radical (unpaired) electrons. The number of nitrogens with one attached hydrogen (secondary N) is 1. The Bertz CT molecular complexity index is 585. The smallest absolute Gasteiger partial charge is 0.215 e. The zero-order valence-electron chi connectivity index (χ0n) is 11.7. The summed E-state index contributed by atoms with van der Waals surface area (Å²) < 4.78 is 5.50. The molecule has 4 heteroatoms. The minimum atomic E-state index is 0.634. The van der Waals surface area contributed by atoms with E-state index in [1.807, 2.05) is 25.1 Å². The molecular weight excluding hydrogens is 250 g/mol. The summed E-state index contributed by atoms with van der Waals surface area (Å²) in [4.78, 5) is 6.85. The molecule has 0 fully saturated rings. The summed E-state index contributed by atoms with van der Waals surface area (Å²) in [6, 6.07) is 14.4. The summed E-state index contributed by atoms with van der Waals surface area (Å²) in [5.74, 6) is 1.62. The Balaban J connectivity index is 1.98. The van der Waals surface area contributed by atoms with Crippen LogP contribution in [-0.4, -0.2) is 24.7 Å². The van der Waals surface area contributed by atoms with Crippen molar-refractivity contribution in [1.29, 1.82) is 0 Å². The largest absolute Gasteiger partial charge is 0.478 e. The van der Waals surface area contributed by atoms with Crippen molar-refractivity contribution in [2.45, 2.75) is 13.5 Å². The molecule has 1 aromatic carbocycles. The lowest BCUT2D eigenvalue weighted by molar-refractivity contribution is 0.327. The van der Waals surface area contributed by atoms with Crippen molar-refractivity contribution in [2.75, 3.05) is 24.6 Å². The number of aromatic nitrogens is 1. The lowest BCUT2D eigenvalue weighted by Gasteiger charge is -2.23. The summed E-state index contributed by atoms with van der Waals surface area (Å²) in [7, 11) is 0. The molecule has 0 unspecified atom stereocenters.